The molecule has 1 aromatic carbocycles. The molecule has 20 heavy (non-hydrogen) atoms. The quantitative estimate of drug-likeness (QED) is 0.812. The van der Waals surface area contributed by atoms with Gasteiger partial charge in [-0.1, -0.05) is 11.6 Å². The summed E-state index contributed by atoms with van der Waals surface area (Å²) in [5, 5.41) is 9.12. The van der Waals surface area contributed by atoms with E-state index in [4.69, 9.17) is 21.6 Å². The number of benzene rings is 1. The molecule has 0 atom stereocenters. The first-order valence-corrected chi connectivity index (χ1v) is 6.24. The fourth-order valence-electron chi connectivity index (χ4n) is 1.92. The first-order chi connectivity index (χ1) is 9.55. The highest BCUT2D eigenvalue weighted by molar-refractivity contribution is 6.29. The minimum absolute atomic E-state index is 0.168. The second-order valence-electron chi connectivity index (χ2n) is 4.19. The molecule has 0 aliphatic heterocycles. The molecule has 0 bridgehead atoms. The van der Waals surface area contributed by atoms with Gasteiger partial charge in [-0.3, -0.25) is 9.36 Å². The van der Waals surface area contributed by atoms with Crippen molar-refractivity contribution in [3.63, 3.8) is 0 Å². The number of nitriles is 1. The lowest BCUT2D eigenvalue weighted by Gasteiger charge is -2.12. The van der Waals surface area contributed by atoms with Gasteiger partial charge in [0.1, 0.15) is 16.7 Å². The van der Waals surface area contributed by atoms with Crippen LogP contribution < -0.4 is 10.3 Å². The molecular formula is C14H12ClN3O2. The molecule has 0 aliphatic carbocycles. The number of hydrogen-bond acceptors (Lipinski definition) is 4. The van der Waals surface area contributed by atoms with Crippen molar-refractivity contribution in [3.05, 3.63) is 56.7 Å². The van der Waals surface area contributed by atoms with Crippen molar-refractivity contribution in [3.8, 4) is 11.8 Å². The number of hydrogen-bond donors (Lipinski definition) is 0. The maximum atomic E-state index is 12.0. The van der Waals surface area contributed by atoms with Crippen LogP contribution in [0.1, 0.15) is 17.0 Å². The summed E-state index contributed by atoms with van der Waals surface area (Å²) < 4.78 is 6.73. The first-order valence-electron chi connectivity index (χ1n) is 5.86. The predicted octanol–water partition coefficient (Wildman–Crippen LogP) is 2.13. The van der Waals surface area contributed by atoms with Gasteiger partial charge in [-0.2, -0.15) is 5.26 Å². The zero-order chi connectivity index (χ0) is 14.7. The molecule has 6 heteroatoms. The Morgan fingerprint density at radius 2 is 2.20 bits per heavy atom. The van der Waals surface area contributed by atoms with E-state index in [1.165, 1.54) is 10.6 Å². The van der Waals surface area contributed by atoms with Gasteiger partial charge in [-0.15, -0.1) is 0 Å². The molecule has 0 radical (unpaired) electrons. The van der Waals surface area contributed by atoms with Gasteiger partial charge in [-0.05, 0) is 25.1 Å². The average Bonchev–Trinajstić information content (AvgIpc) is 2.42. The molecule has 102 valence electrons. The van der Waals surface area contributed by atoms with E-state index in [0.29, 0.717) is 17.1 Å². The molecule has 0 saturated heterocycles. The van der Waals surface area contributed by atoms with Crippen molar-refractivity contribution in [1.29, 1.82) is 5.26 Å². The predicted molar refractivity (Wildman–Crippen MR) is 75.1 cm³/mol. The first kappa shape index (κ1) is 14.1. The van der Waals surface area contributed by atoms with Gasteiger partial charge < -0.3 is 4.74 Å². The average molecular weight is 290 g/mol. The molecule has 0 amide bonds. The van der Waals surface area contributed by atoms with E-state index < -0.39 is 0 Å². The zero-order valence-electron chi connectivity index (χ0n) is 11.1. The maximum absolute atomic E-state index is 12.0. The Bertz CT molecular complexity index is 747. The fraction of sp³-hybridized carbons (Fsp3) is 0.214. The maximum Gasteiger partial charge on any atom is 0.255 e. The molecular weight excluding hydrogens is 278 g/mol. The molecule has 2 rings (SSSR count). The van der Waals surface area contributed by atoms with E-state index in [1.807, 2.05) is 0 Å². The van der Waals surface area contributed by atoms with Crippen molar-refractivity contribution in [2.45, 2.75) is 13.5 Å². The Balaban J connectivity index is 2.50. The van der Waals surface area contributed by atoms with Crippen LogP contribution in [0.3, 0.4) is 0 Å². The Kier molecular flexibility index (Phi) is 4.06. The monoisotopic (exact) mass is 289 g/mol. The summed E-state index contributed by atoms with van der Waals surface area (Å²) in [6.45, 7) is 1.97. The Morgan fingerprint density at radius 1 is 1.45 bits per heavy atom. The number of rotatable bonds is 3. The summed E-state index contributed by atoms with van der Waals surface area (Å²) >= 11 is 5.74. The minimum Gasteiger partial charge on any atom is -0.496 e. The van der Waals surface area contributed by atoms with Gasteiger partial charge in [0.15, 0.2) is 0 Å². The molecule has 0 N–H and O–H groups in total. The third kappa shape index (κ3) is 2.81. The standard InChI is InChI=1S/C14H12ClN3O2/c1-9-17-13(15)6-14(19)18(9)8-11-5-10(7-16)3-4-12(11)20-2/h3-6H,8H2,1-2H3. The van der Waals surface area contributed by atoms with Crippen LogP contribution in [0.2, 0.25) is 5.15 Å². The smallest absolute Gasteiger partial charge is 0.255 e. The van der Waals surface area contributed by atoms with Crippen LogP contribution in [0.25, 0.3) is 0 Å². The van der Waals surface area contributed by atoms with E-state index in [0.717, 1.165) is 5.56 Å². The number of halogens is 1. The largest absolute Gasteiger partial charge is 0.496 e. The number of methoxy groups -OCH3 is 1. The van der Waals surface area contributed by atoms with E-state index in [-0.39, 0.29) is 17.3 Å². The summed E-state index contributed by atoms with van der Waals surface area (Å²) in [6.07, 6.45) is 0. The van der Waals surface area contributed by atoms with Crippen LogP contribution in [0.15, 0.2) is 29.1 Å². The molecule has 0 aliphatic rings. The highest BCUT2D eigenvalue weighted by atomic mass is 35.5. The second-order valence-corrected chi connectivity index (χ2v) is 4.58. The third-order valence-corrected chi connectivity index (χ3v) is 3.10. The van der Waals surface area contributed by atoms with Crippen molar-refractivity contribution in [1.82, 2.24) is 9.55 Å². The van der Waals surface area contributed by atoms with Crippen molar-refractivity contribution in [2.24, 2.45) is 0 Å². The van der Waals surface area contributed by atoms with Gasteiger partial charge in [0.25, 0.3) is 5.56 Å². The third-order valence-electron chi connectivity index (χ3n) is 2.91. The Hall–Kier alpha value is -2.32. The van der Waals surface area contributed by atoms with Gasteiger partial charge in [0.2, 0.25) is 0 Å². The fourth-order valence-corrected chi connectivity index (χ4v) is 2.14. The van der Waals surface area contributed by atoms with E-state index >= 15 is 0 Å². The lowest BCUT2D eigenvalue weighted by atomic mass is 10.1. The van der Waals surface area contributed by atoms with Crippen molar-refractivity contribution < 1.29 is 4.74 Å². The normalized spacial score (nSPS) is 10.1. The van der Waals surface area contributed by atoms with Crippen LogP contribution in [0, 0.1) is 18.3 Å². The van der Waals surface area contributed by atoms with Gasteiger partial charge in [0.05, 0.1) is 25.3 Å². The second kappa shape index (κ2) is 5.76. The zero-order valence-corrected chi connectivity index (χ0v) is 11.8. The Labute approximate surface area is 121 Å². The molecule has 2 aromatic rings. The lowest BCUT2D eigenvalue weighted by molar-refractivity contribution is 0.407. The topological polar surface area (TPSA) is 67.9 Å². The molecule has 5 nitrogen and oxygen atoms in total. The molecule has 0 fully saturated rings. The van der Waals surface area contributed by atoms with Crippen LogP contribution in [-0.2, 0) is 6.54 Å². The van der Waals surface area contributed by atoms with Gasteiger partial charge in [0, 0.05) is 11.6 Å². The molecule has 0 saturated carbocycles. The highest BCUT2D eigenvalue weighted by Gasteiger charge is 2.09. The molecule has 0 unspecified atom stereocenters. The lowest BCUT2D eigenvalue weighted by Crippen LogP contribution is -2.23. The van der Waals surface area contributed by atoms with Crippen LogP contribution in [0.4, 0.5) is 0 Å². The number of aryl methyl sites for hydroxylation is 1. The SMILES string of the molecule is COc1ccc(C#N)cc1Cn1c(C)nc(Cl)cc1=O. The van der Waals surface area contributed by atoms with Crippen LogP contribution >= 0.6 is 11.6 Å². The van der Waals surface area contributed by atoms with Gasteiger partial charge >= 0.3 is 0 Å². The summed E-state index contributed by atoms with van der Waals surface area (Å²) in [7, 11) is 1.54. The van der Waals surface area contributed by atoms with Crippen LogP contribution in [-0.4, -0.2) is 16.7 Å². The number of nitrogens with zero attached hydrogens (tertiary/aromatic N) is 3. The molecule has 1 heterocycles. The van der Waals surface area contributed by atoms with E-state index in [1.54, 1.807) is 32.2 Å². The van der Waals surface area contributed by atoms with Crippen molar-refractivity contribution in [2.75, 3.05) is 7.11 Å². The molecule has 1 aromatic heterocycles. The van der Waals surface area contributed by atoms with E-state index in [2.05, 4.69) is 11.1 Å². The summed E-state index contributed by atoms with van der Waals surface area (Å²) in [5.74, 6) is 1.12. The number of ether oxygens (including phenoxy) is 1. The minimum atomic E-state index is -0.244. The molecule has 0 spiro atoms. The summed E-state index contributed by atoms with van der Waals surface area (Å²) in [4.78, 5) is 16.0. The van der Waals surface area contributed by atoms with Crippen LogP contribution in [0.5, 0.6) is 5.75 Å². The van der Waals surface area contributed by atoms with Crippen molar-refractivity contribution >= 4 is 11.6 Å². The summed E-state index contributed by atoms with van der Waals surface area (Å²) in [5.41, 5.74) is 1.00. The number of aromatic nitrogens is 2. The van der Waals surface area contributed by atoms with Gasteiger partial charge in [-0.25, -0.2) is 4.98 Å². The van der Waals surface area contributed by atoms with E-state index in [9.17, 15) is 4.79 Å². The highest BCUT2D eigenvalue weighted by Crippen LogP contribution is 2.20. The Morgan fingerprint density at radius 3 is 2.80 bits per heavy atom. The summed E-state index contributed by atoms with van der Waals surface area (Å²) in [6, 6.07) is 8.39.